The molecule has 0 saturated carbocycles. The Morgan fingerprint density at radius 3 is 2.70 bits per heavy atom. The van der Waals surface area contributed by atoms with E-state index in [1.807, 2.05) is 5.20 Å². The average molecular weight is 442 g/mol. The van der Waals surface area contributed by atoms with E-state index in [0.717, 1.165) is 16.5 Å². The third-order valence-corrected chi connectivity index (χ3v) is 10.8. The van der Waals surface area contributed by atoms with E-state index in [2.05, 4.69) is 43.4 Å². The SMILES string of the molecule is C[Si]1(C)C2=C1[CH]([Zr+2])c1cccc(C3=C(CCO)C=CC3)c12.[Cl-].[Cl-]. The van der Waals surface area contributed by atoms with Gasteiger partial charge in [-0.05, 0) is 0 Å². The zero-order valence-corrected chi connectivity index (χ0v) is 18.3. The Kier molecular flexibility index (Phi) is 5.71. The van der Waals surface area contributed by atoms with Crippen molar-refractivity contribution < 1.29 is 54.6 Å². The molecular weight excluding hydrogens is 422 g/mol. The number of fused-ring (bicyclic) bond motifs is 2. The van der Waals surface area contributed by atoms with Crippen LogP contribution in [0.1, 0.15) is 33.2 Å². The molecule has 119 valence electrons. The van der Waals surface area contributed by atoms with Gasteiger partial charge in [-0.3, -0.25) is 0 Å². The Hall–Kier alpha value is 0.0800. The van der Waals surface area contributed by atoms with Gasteiger partial charge in [0.15, 0.2) is 0 Å². The fourth-order valence-corrected chi connectivity index (χ4v) is 11.9. The van der Waals surface area contributed by atoms with Gasteiger partial charge < -0.3 is 24.8 Å². The Labute approximate surface area is 166 Å². The number of hydrogen-bond donors (Lipinski definition) is 1. The molecule has 1 N–H and O–H groups in total. The molecule has 5 heteroatoms. The van der Waals surface area contributed by atoms with Crippen LogP contribution in [0.5, 0.6) is 0 Å². The minimum absolute atomic E-state index is 0. The molecule has 1 aliphatic heterocycles. The molecule has 0 saturated heterocycles. The summed E-state index contributed by atoms with van der Waals surface area (Å²) >= 11 is 1.64. The maximum atomic E-state index is 9.30. The van der Waals surface area contributed by atoms with Crippen molar-refractivity contribution >= 4 is 18.8 Å². The monoisotopic (exact) mass is 439 g/mol. The van der Waals surface area contributed by atoms with Crippen LogP contribution in [0.25, 0.3) is 10.8 Å². The molecule has 23 heavy (non-hydrogen) atoms. The molecule has 0 amide bonds. The summed E-state index contributed by atoms with van der Waals surface area (Å²) in [6.07, 6.45) is 6.26. The summed E-state index contributed by atoms with van der Waals surface area (Å²) in [6.45, 7) is 5.25. The molecular formula is C18H19Cl2OSiZr. The van der Waals surface area contributed by atoms with Crippen molar-refractivity contribution in [2.24, 2.45) is 0 Å². The fourth-order valence-electron chi connectivity index (χ4n) is 4.14. The Bertz CT molecular complexity index is 749. The van der Waals surface area contributed by atoms with E-state index in [1.165, 1.54) is 16.7 Å². The van der Waals surface area contributed by atoms with E-state index in [9.17, 15) is 5.11 Å². The van der Waals surface area contributed by atoms with E-state index in [1.54, 1.807) is 41.0 Å². The van der Waals surface area contributed by atoms with Crippen molar-refractivity contribution in [2.45, 2.75) is 29.6 Å². The van der Waals surface area contributed by atoms with Gasteiger partial charge in [-0.1, -0.05) is 0 Å². The number of aliphatic hydroxyl groups excluding tert-OH is 1. The van der Waals surface area contributed by atoms with Gasteiger partial charge in [0, 0.05) is 0 Å². The second-order valence-electron chi connectivity index (χ2n) is 6.70. The molecule has 0 aromatic heterocycles. The normalized spacial score (nSPS) is 22.6. The van der Waals surface area contributed by atoms with Crippen LogP contribution in [0.4, 0.5) is 0 Å². The molecule has 0 spiro atoms. The van der Waals surface area contributed by atoms with Crippen molar-refractivity contribution in [3.63, 3.8) is 0 Å². The first-order chi connectivity index (χ1) is 10.1. The van der Waals surface area contributed by atoms with E-state index >= 15 is 0 Å². The first-order valence-electron chi connectivity index (χ1n) is 7.66. The van der Waals surface area contributed by atoms with E-state index in [-0.39, 0.29) is 31.4 Å². The molecule has 4 rings (SSSR count). The van der Waals surface area contributed by atoms with Crippen molar-refractivity contribution in [3.8, 4) is 0 Å². The van der Waals surface area contributed by atoms with Crippen molar-refractivity contribution in [1.82, 2.24) is 0 Å². The fraction of sp³-hybridized carbons (Fsp3) is 0.333. The second-order valence-corrected chi connectivity index (χ2v) is 12.4. The third-order valence-electron chi connectivity index (χ3n) is 5.19. The van der Waals surface area contributed by atoms with Crippen LogP contribution in [-0.2, 0) is 24.7 Å². The summed E-state index contributed by atoms with van der Waals surface area (Å²) in [5.41, 5.74) is 7.40. The van der Waals surface area contributed by atoms with Gasteiger partial charge in [0.05, 0.1) is 0 Å². The molecule has 1 atom stereocenters. The Balaban J connectivity index is 0.000000960. The molecule has 1 nitrogen and oxygen atoms in total. The van der Waals surface area contributed by atoms with Gasteiger partial charge in [-0.15, -0.1) is 0 Å². The number of allylic oxidation sites excluding steroid dienone is 4. The summed E-state index contributed by atoms with van der Waals surface area (Å²) < 4.78 is 0.722. The standard InChI is InChI=1S/C18H19OSi.2ClH.Zr/c1-20(2)16-11-13-6-4-8-15(17(13)18(16)20)14-7-3-5-12(14)9-10-19;;;/h3-6,8,11,19H,7,9-10H2,1-2H3;2*1H;/q;;;+2/p-2. The maximum absolute atomic E-state index is 9.30. The van der Waals surface area contributed by atoms with Crippen molar-refractivity contribution in [3.05, 3.63) is 57.8 Å². The first-order valence-corrected chi connectivity index (χ1v) is 12.1. The van der Waals surface area contributed by atoms with Crippen LogP contribution >= 0.6 is 0 Å². The maximum Gasteiger partial charge on any atom is -1.00 e. The molecule has 1 aromatic carbocycles. The van der Waals surface area contributed by atoms with Gasteiger partial charge in [0.1, 0.15) is 0 Å². The zero-order chi connectivity index (χ0) is 14.8. The molecule has 1 heterocycles. The largest absolute Gasteiger partial charge is 1.00 e. The molecule has 1 unspecified atom stereocenters. The van der Waals surface area contributed by atoms with Gasteiger partial charge in [-0.25, -0.2) is 0 Å². The first kappa shape index (κ1) is 19.4. The predicted molar refractivity (Wildman–Crippen MR) is 86.0 cm³/mol. The van der Waals surface area contributed by atoms with Crippen molar-refractivity contribution in [1.29, 1.82) is 0 Å². The molecule has 1 aromatic rings. The third kappa shape index (κ3) is 2.73. The molecule has 0 fully saturated rings. The summed E-state index contributed by atoms with van der Waals surface area (Å²) in [4.78, 5) is 0. The molecule has 2 aliphatic carbocycles. The quantitative estimate of drug-likeness (QED) is 0.536. The smallest absolute Gasteiger partial charge is 1.00 e. The Morgan fingerprint density at radius 1 is 1.26 bits per heavy atom. The van der Waals surface area contributed by atoms with Gasteiger partial charge >= 0.3 is 143 Å². The van der Waals surface area contributed by atoms with E-state index < -0.39 is 8.07 Å². The van der Waals surface area contributed by atoms with Crippen LogP contribution in [0.3, 0.4) is 0 Å². The second kappa shape index (κ2) is 6.77. The molecule has 3 aliphatic rings. The summed E-state index contributed by atoms with van der Waals surface area (Å²) in [6, 6.07) is 6.87. The van der Waals surface area contributed by atoms with Gasteiger partial charge in [0.25, 0.3) is 0 Å². The average Bonchev–Trinajstić information content (AvgIpc) is 2.82. The topological polar surface area (TPSA) is 20.2 Å². The summed E-state index contributed by atoms with van der Waals surface area (Å²) in [5.74, 6) is 0. The number of hydrogen-bond acceptors (Lipinski definition) is 1. The van der Waals surface area contributed by atoms with Crippen LogP contribution in [0, 0.1) is 0 Å². The number of benzene rings is 1. The molecule has 0 bridgehead atoms. The minimum Gasteiger partial charge on any atom is -1.00 e. The van der Waals surface area contributed by atoms with Gasteiger partial charge in [0.2, 0.25) is 0 Å². The zero-order valence-electron chi connectivity index (χ0n) is 13.3. The van der Waals surface area contributed by atoms with Crippen LogP contribution in [-0.4, -0.2) is 19.8 Å². The van der Waals surface area contributed by atoms with Crippen LogP contribution in [0.2, 0.25) is 13.1 Å². The van der Waals surface area contributed by atoms with Gasteiger partial charge in [-0.2, -0.15) is 0 Å². The number of halogens is 2. The Morgan fingerprint density at radius 2 is 2.00 bits per heavy atom. The van der Waals surface area contributed by atoms with Crippen LogP contribution < -0.4 is 24.8 Å². The number of rotatable bonds is 3. The van der Waals surface area contributed by atoms with Crippen LogP contribution in [0.15, 0.2) is 41.1 Å². The minimum atomic E-state index is -1.18. The van der Waals surface area contributed by atoms with E-state index in [0.29, 0.717) is 0 Å². The predicted octanol–water partition coefficient (Wildman–Crippen LogP) is -2.05. The summed E-state index contributed by atoms with van der Waals surface area (Å²) in [5, 5.41) is 12.9. The number of aliphatic hydroxyl groups is 1. The molecule has 0 radical (unpaired) electrons. The van der Waals surface area contributed by atoms with Crippen molar-refractivity contribution in [2.75, 3.05) is 6.61 Å². The van der Waals surface area contributed by atoms with E-state index in [4.69, 9.17) is 0 Å². The summed E-state index contributed by atoms with van der Waals surface area (Å²) in [7, 11) is -1.18.